The van der Waals surface area contributed by atoms with Crippen molar-refractivity contribution in [2.45, 2.75) is 71.4 Å². The molecule has 0 radical (unpaired) electrons. The molecule has 2 amide bonds. The van der Waals surface area contributed by atoms with Crippen molar-refractivity contribution < 1.29 is 18.7 Å². The van der Waals surface area contributed by atoms with Gasteiger partial charge in [-0.2, -0.15) is 0 Å². The first-order valence-electron chi connectivity index (χ1n) is 15.3. The Morgan fingerprint density at radius 1 is 1.00 bits per heavy atom. The van der Waals surface area contributed by atoms with Crippen molar-refractivity contribution in [1.29, 1.82) is 0 Å². The van der Waals surface area contributed by atoms with Gasteiger partial charge in [-0.25, -0.2) is 14.2 Å². The first-order valence-corrected chi connectivity index (χ1v) is 15.3. The van der Waals surface area contributed by atoms with Crippen LogP contribution in [-0.2, 0) is 11.3 Å². The monoisotopic (exact) mass is 574 g/mol. The Kier molecular flexibility index (Phi) is 9.41. The number of aromatic nitrogens is 1. The SMILES string of the molecule is CC(C)(C)OC(=O)N1CCN(Cc2c(-c3ccccc3)nc3ccc(F)cc3c2C(=O)NCCC2CCCCC2)CC1. The molecule has 5 rings (SSSR count). The van der Waals surface area contributed by atoms with Crippen molar-refractivity contribution in [1.82, 2.24) is 20.1 Å². The summed E-state index contributed by atoms with van der Waals surface area (Å²) >= 11 is 0. The Labute approximate surface area is 248 Å². The van der Waals surface area contributed by atoms with Crippen LogP contribution in [0.5, 0.6) is 0 Å². The fraction of sp³-hybridized carbons (Fsp3) is 0.500. The second kappa shape index (κ2) is 13.2. The summed E-state index contributed by atoms with van der Waals surface area (Å²) in [7, 11) is 0. The molecule has 1 aliphatic heterocycles. The third kappa shape index (κ3) is 7.46. The van der Waals surface area contributed by atoms with Gasteiger partial charge < -0.3 is 15.0 Å². The first kappa shape index (κ1) is 30.0. The molecule has 0 bridgehead atoms. The van der Waals surface area contributed by atoms with Crippen molar-refractivity contribution in [2.24, 2.45) is 5.92 Å². The topological polar surface area (TPSA) is 74.8 Å². The minimum atomic E-state index is -0.551. The Hall–Kier alpha value is -3.52. The van der Waals surface area contributed by atoms with E-state index >= 15 is 0 Å². The van der Waals surface area contributed by atoms with Crippen molar-refractivity contribution in [2.75, 3.05) is 32.7 Å². The van der Waals surface area contributed by atoms with Crippen molar-refractivity contribution >= 4 is 22.9 Å². The zero-order valence-electron chi connectivity index (χ0n) is 25.1. The quantitative estimate of drug-likeness (QED) is 0.336. The summed E-state index contributed by atoms with van der Waals surface area (Å²) in [4.78, 5) is 35.6. The highest BCUT2D eigenvalue weighted by atomic mass is 19.1. The molecule has 2 fully saturated rings. The molecule has 7 nitrogen and oxygen atoms in total. The lowest BCUT2D eigenvalue weighted by Gasteiger charge is -2.36. The van der Waals surface area contributed by atoms with Crippen LogP contribution in [0.25, 0.3) is 22.2 Å². The molecule has 224 valence electrons. The number of ether oxygens (including phenoxy) is 1. The maximum atomic E-state index is 14.6. The summed E-state index contributed by atoms with van der Waals surface area (Å²) in [6, 6.07) is 14.3. The predicted octanol–water partition coefficient (Wildman–Crippen LogP) is 6.79. The molecule has 1 aromatic heterocycles. The zero-order valence-corrected chi connectivity index (χ0v) is 25.1. The second-order valence-corrected chi connectivity index (χ2v) is 12.6. The summed E-state index contributed by atoms with van der Waals surface area (Å²) in [6.45, 7) is 8.93. The van der Waals surface area contributed by atoms with Gasteiger partial charge in [-0.3, -0.25) is 9.69 Å². The van der Waals surface area contributed by atoms with E-state index in [-0.39, 0.29) is 12.0 Å². The van der Waals surface area contributed by atoms with Gasteiger partial charge in [0.15, 0.2) is 0 Å². The molecule has 3 aromatic rings. The van der Waals surface area contributed by atoms with Crippen LogP contribution in [-0.4, -0.2) is 65.1 Å². The highest BCUT2D eigenvalue weighted by Gasteiger charge is 2.29. The van der Waals surface area contributed by atoms with Crippen LogP contribution in [0.15, 0.2) is 48.5 Å². The standard InChI is InChI=1S/C34H43FN4O3/c1-34(2,3)42-33(41)39-20-18-38(19-21-39)23-28-30(32(40)36-17-16-24-10-6-4-7-11-24)27-22-26(35)14-15-29(27)37-31(28)25-12-8-5-9-13-25/h5,8-9,12-15,22,24H,4,6-7,10-11,16-21,23H2,1-3H3,(H,36,40). The maximum absolute atomic E-state index is 14.6. The summed E-state index contributed by atoms with van der Waals surface area (Å²) in [5.74, 6) is 0.0552. The lowest BCUT2D eigenvalue weighted by molar-refractivity contribution is 0.0139. The molecule has 2 aliphatic rings. The fourth-order valence-corrected chi connectivity index (χ4v) is 6.12. The largest absolute Gasteiger partial charge is 0.444 e. The molecular weight excluding hydrogens is 531 g/mol. The average Bonchev–Trinajstić information content (AvgIpc) is 2.97. The number of carbonyl (C=O) groups excluding carboxylic acids is 2. The van der Waals surface area contributed by atoms with Gasteiger partial charge in [-0.15, -0.1) is 0 Å². The van der Waals surface area contributed by atoms with Crippen molar-refractivity contribution in [3.63, 3.8) is 0 Å². The maximum Gasteiger partial charge on any atom is 0.410 e. The molecular formula is C34H43FN4O3. The Morgan fingerprint density at radius 3 is 2.40 bits per heavy atom. The Morgan fingerprint density at radius 2 is 1.71 bits per heavy atom. The number of rotatable bonds is 7. The van der Waals surface area contributed by atoms with Gasteiger partial charge in [0, 0.05) is 55.8 Å². The molecule has 2 heterocycles. The Bertz CT molecular complexity index is 1390. The van der Waals surface area contributed by atoms with E-state index in [1.54, 1.807) is 11.0 Å². The highest BCUT2D eigenvalue weighted by molar-refractivity contribution is 6.09. The van der Waals surface area contributed by atoms with Gasteiger partial charge in [0.25, 0.3) is 5.91 Å². The van der Waals surface area contributed by atoms with Gasteiger partial charge in [-0.05, 0) is 51.3 Å². The van der Waals surface area contributed by atoms with Crippen LogP contribution in [0.3, 0.4) is 0 Å². The molecule has 1 N–H and O–H groups in total. The fourth-order valence-electron chi connectivity index (χ4n) is 6.12. The van der Waals surface area contributed by atoms with E-state index in [9.17, 15) is 14.0 Å². The number of carbonyl (C=O) groups is 2. The van der Waals surface area contributed by atoms with Gasteiger partial charge in [0.05, 0.1) is 16.8 Å². The predicted molar refractivity (Wildman–Crippen MR) is 164 cm³/mol. The minimum absolute atomic E-state index is 0.191. The number of pyridine rings is 1. The molecule has 0 spiro atoms. The van der Waals surface area contributed by atoms with Crippen molar-refractivity contribution in [3.8, 4) is 11.3 Å². The third-order valence-electron chi connectivity index (χ3n) is 8.29. The third-order valence-corrected chi connectivity index (χ3v) is 8.29. The number of nitrogens with zero attached hydrogens (tertiary/aromatic N) is 3. The summed E-state index contributed by atoms with van der Waals surface area (Å²) < 4.78 is 20.2. The molecule has 8 heteroatoms. The van der Waals surface area contributed by atoms with E-state index in [1.807, 2.05) is 51.1 Å². The van der Waals surface area contributed by atoms with Crippen molar-refractivity contribution in [3.05, 3.63) is 65.5 Å². The molecule has 0 unspecified atom stereocenters. The van der Waals surface area contributed by atoms with Crippen LogP contribution in [0.1, 0.15) is 75.2 Å². The number of benzene rings is 2. The number of nitrogens with one attached hydrogen (secondary N) is 1. The minimum Gasteiger partial charge on any atom is -0.444 e. The number of hydrogen-bond donors (Lipinski definition) is 1. The van der Waals surface area contributed by atoms with Gasteiger partial charge in [0.1, 0.15) is 11.4 Å². The first-order chi connectivity index (χ1) is 20.2. The van der Waals surface area contributed by atoms with Gasteiger partial charge >= 0.3 is 6.09 Å². The number of hydrogen-bond acceptors (Lipinski definition) is 5. The number of fused-ring (bicyclic) bond motifs is 1. The smallest absolute Gasteiger partial charge is 0.410 e. The molecule has 42 heavy (non-hydrogen) atoms. The Balaban J connectivity index is 1.45. The normalized spacial score (nSPS) is 16.9. The highest BCUT2D eigenvalue weighted by Crippen LogP contribution is 2.32. The van der Waals surface area contributed by atoms with Gasteiger partial charge in [-0.1, -0.05) is 62.4 Å². The molecule has 1 aliphatic carbocycles. The average molecular weight is 575 g/mol. The van der Waals surface area contributed by atoms with E-state index in [0.717, 1.165) is 23.2 Å². The molecule has 1 saturated heterocycles. The molecule has 0 atom stereocenters. The van der Waals surface area contributed by atoms with Crippen LogP contribution >= 0.6 is 0 Å². The number of piperazine rings is 1. The lowest BCUT2D eigenvalue weighted by Crippen LogP contribution is -2.49. The zero-order chi connectivity index (χ0) is 29.7. The number of amides is 2. The second-order valence-electron chi connectivity index (χ2n) is 12.6. The van der Waals surface area contributed by atoms with Gasteiger partial charge in [0.2, 0.25) is 0 Å². The van der Waals surface area contributed by atoms with E-state index in [2.05, 4.69) is 10.2 Å². The summed E-state index contributed by atoms with van der Waals surface area (Å²) in [5, 5.41) is 3.70. The lowest BCUT2D eigenvalue weighted by atomic mass is 9.87. The van der Waals surface area contributed by atoms with Crippen LogP contribution in [0.2, 0.25) is 0 Å². The van der Waals surface area contributed by atoms with Crippen LogP contribution in [0, 0.1) is 11.7 Å². The van der Waals surface area contributed by atoms with E-state index in [0.29, 0.717) is 61.7 Å². The molecule has 2 aromatic carbocycles. The summed E-state index contributed by atoms with van der Waals surface area (Å²) in [5.41, 5.74) is 2.93. The summed E-state index contributed by atoms with van der Waals surface area (Å²) in [6.07, 6.45) is 6.91. The van der Waals surface area contributed by atoms with E-state index in [4.69, 9.17) is 9.72 Å². The van der Waals surface area contributed by atoms with E-state index in [1.165, 1.54) is 44.2 Å². The van der Waals surface area contributed by atoms with Crippen LogP contribution in [0.4, 0.5) is 9.18 Å². The molecule has 1 saturated carbocycles. The van der Waals surface area contributed by atoms with E-state index < -0.39 is 11.4 Å². The van der Waals surface area contributed by atoms with Crippen LogP contribution < -0.4 is 5.32 Å². The number of halogens is 1.